The zero-order valence-electron chi connectivity index (χ0n) is 16.1. The van der Waals surface area contributed by atoms with E-state index in [1.807, 2.05) is 48.5 Å². The molecule has 7 nitrogen and oxygen atoms in total. The average molecular weight is 387 g/mol. The lowest BCUT2D eigenvalue weighted by atomic mass is 10.1. The van der Waals surface area contributed by atoms with Gasteiger partial charge < -0.3 is 5.32 Å². The fraction of sp³-hybridized carbons (Fsp3) is 0.182. The predicted molar refractivity (Wildman–Crippen MR) is 112 cm³/mol. The largest absolute Gasteiger partial charge is 0.332 e. The van der Waals surface area contributed by atoms with Crippen molar-refractivity contribution in [2.45, 2.75) is 19.6 Å². The van der Waals surface area contributed by atoms with E-state index in [0.717, 1.165) is 16.7 Å². The molecule has 4 aromatic rings. The smallest absolute Gasteiger partial charge is 0.309 e. The van der Waals surface area contributed by atoms with E-state index in [0.29, 0.717) is 24.1 Å². The van der Waals surface area contributed by atoms with Crippen LogP contribution in [0.5, 0.6) is 0 Å². The molecule has 0 unspecified atom stereocenters. The fourth-order valence-corrected chi connectivity index (χ4v) is 3.37. The standard InChI is InChI=1S/C22H21N5O2/c1-26-20-19(21(28)27(22(26)29)15-16-6-3-2-4-7-16)18(9-11-25-20)14-24-13-17-8-5-10-23-12-17/h2-12,24H,13-15H2,1H3. The molecule has 0 saturated carbocycles. The summed E-state index contributed by atoms with van der Waals surface area (Å²) in [6, 6.07) is 15.2. The van der Waals surface area contributed by atoms with E-state index < -0.39 is 0 Å². The Hall–Kier alpha value is -3.58. The molecule has 0 atom stereocenters. The van der Waals surface area contributed by atoms with Crippen LogP contribution in [0.1, 0.15) is 16.7 Å². The van der Waals surface area contributed by atoms with Gasteiger partial charge in [0.15, 0.2) is 0 Å². The Morgan fingerprint density at radius 2 is 1.72 bits per heavy atom. The van der Waals surface area contributed by atoms with Crippen LogP contribution in [0.15, 0.2) is 76.7 Å². The van der Waals surface area contributed by atoms with Gasteiger partial charge in [-0.3, -0.25) is 18.9 Å². The molecular formula is C22H21N5O2. The van der Waals surface area contributed by atoms with Crippen molar-refractivity contribution in [2.75, 3.05) is 0 Å². The lowest BCUT2D eigenvalue weighted by molar-refractivity contribution is 0.652. The molecular weight excluding hydrogens is 366 g/mol. The second kappa shape index (κ2) is 8.20. The summed E-state index contributed by atoms with van der Waals surface area (Å²) in [6.45, 7) is 1.33. The summed E-state index contributed by atoms with van der Waals surface area (Å²) in [7, 11) is 1.64. The highest BCUT2D eigenvalue weighted by molar-refractivity contribution is 5.77. The van der Waals surface area contributed by atoms with Gasteiger partial charge in [-0.05, 0) is 28.8 Å². The van der Waals surface area contributed by atoms with Crippen molar-refractivity contribution in [3.63, 3.8) is 0 Å². The molecule has 7 heteroatoms. The summed E-state index contributed by atoms with van der Waals surface area (Å²) in [5.41, 5.74) is 2.45. The maximum atomic E-state index is 13.2. The molecule has 0 saturated heterocycles. The molecule has 3 aromatic heterocycles. The number of pyridine rings is 2. The first-order valence-electron chi connectivity index (χ1n) is 9.36. The monoisotopic (exact) mass is 387 g/mol. The maximum Gasteiger partial charge on any atom is 0.332 e. The summed E-state index contributed by atoms with van der Waals surface area (Å²) in [5.74, 6) is 0. The van der Waals surface area contributed by atoms with Gasteiger partial charge in [-0.1, -0.05) is 36.4 Å². The summed E-state index contributed by atoms with van der Waals surface area (Å²) in [4.78, 5) is 34.4. The summed E-state index contributed by atoms with van der Waals surface area (Å²) >= 11 is 0. The van der Waals surface area contributed by atoms with Crippen molar-refractivity contribution >= 4 is 11.0 Å². The number of hydrogen-bond acceptors (Lipinski definition) is 5. The molecule has 0 spiro atoms. The van der Waals surface area contributed by atoms with Crippen LogP contribution >= 0.6 is 0 Å². The lowest BCUT2D eigenvalue weighted by Crippen LogP contribution is -2.40. The quantitative estimate of drug-likeness (QED) is 0.546. The molecule has 29 heavy (non-hydrogen) atoms. The van der Waals surface area contributed by atoms with E-state index in [1.165, 1.54) is 9.13 Å². The van der Waals surface area contributed by atoms with Gasteiger partial charge in [-0.25, -0.2) is 9.78 Å². The number of rotatable bonds is 6. The van der Waals surface area contributed by atoms with Crippen LogP contribution < -0.4 is 16.6 Å². The van der Waals surface area contributed by atoms with Crippen LogP contribution in [0.25, 0.3) is 11.0 Å². The average Bonchev–Trinajstić information content (AvgIpc) is 2.76. The van der Waals surface area contributed by atoms with Crippen LogP contribution in [-0.4, -0.2) is 19.1 Å². The highest BCUT2D eigenvalue weighted by Gasteiger charge is 2.15. The third kappa shape index (κ3) is 3.86. The number of nitrogens with one attached hydrogen (secondary N) is 1. The highest BCUT2D eigenvalue weighted by atomic mass is 16.2. The number of nitrogens with zero attached hydrogens (tertiary/aromatic N) is 4. The second-order valence-corrected chi connectivity index (χ2v) is 6.85. The van der Waals surface area contributed by atoms with Crippen LogP contribution in [0.4, 0.5) is 0 Å². The van der Waals surface area contributed by atoms with Crippen LogP contribution in [0.2, 0.25) is 0 Å². The second-order valence-electron chi connectivity index (χ2n) is 6.85. The SMILES string of the molecule is Cn1c(=O)n(Cc2ccccc2)c(=O)c2c(CNCc3cccnc3)ccnc21. The third-order valence-corrected chi connectivity index (χ3v) is 4.86. The molecule has 4 rings (SSSR count). The summed E-state index contributed by atoms with van der Waals surface area (Å²) < 4.78 is 2.70. The van der Waals surface area contributed by atoms with Gasteiger partial charge in [0.1, 0.15) is 5.65 Å². The Morgan fingerprint density at radius 1 is 0.931 bits per heavy atom. The molecule has 0 amide bonds. The Labute approximate surface area is 167 Å². The first-order valence-corrected chi connectivity index (χ1v) is 9.36. The topological polar surface area (TPSA) is 81.8 Å². The normalized spacial score (nSPS) is 11.1. The van der Waals surface area contributed by atoms with Crippen LogP contribution in [0, 0.1) is 0 Å². The Balaban J connectivity index is 1.72. The van der Waals surface area contributed by atoms with Gasteiger partial charge in [0.05, 0.1) is 11.9 Å². The Morgan fingerprint density at radius 3 is 2.48 bits per heavy atom. The molecule has 1 N–H and O–H groups in total. The minimum absolute atomic E-state index is 0.222. The van der Waals surface area contributed by atoms with Crippen LogP contribution in [-0.2, 0) is 26.7 Å². The Kier molecular flexibility index (Phi) is 5.31. The zero-order chi connectivity index (χ0) is 20.2. The van der Waals surface area contributed by atoms with Crippen molar-refractivity contribution in [3.8, 4) is 0 Å². The predicted octanol–water partition coefficient (Wildman–Crippen LogP) is 1.83. The Bertz CT molecular complexity index is 1250. The zero-order valence-corrected chi connectivity index (χ0v) is 16.1. The van der Waals surface area contributed by atoms with Crippen molar-refractivity contribution in [2.24, 2.45) is 7.05 Å². The summed E-state index contributed by atoms with van der Waals surface area (Å²) in [5, 5.41) is 3.80. The highest BCUT2D eigenvalue weighted by Crippen LogP contribution is 2.11. The van der Waals surface area contributed by atoms with E-state index >= 15 is 0 Å². The molecule has 0 aliphatic rings. The van der Waals surface area contributed by atoms with Crippen molar-refractivity contribution in [1.29, 1.82) is 0 Å². The van der Waals surface area contributed by atoms with E-state index in [9.17, 15) is 9.59 Å². The molecule has 1 aromatic carbocycles. The van der Waals surface area contributed by atoms with Crippen LogP contribution in [0.3, 0.4) is 0 Å². The number of fused-ring (bicyclic) bond motifs is 1. The van der Waals surface area contributed by atoms with E-state index in [1.54, 1.807) is 25.6 Å². The summed E-state index contributed by atoms with van der Waals surface area (Å²) in [6.07, 6.45) is 5.16. The third-order valence-electron chi connectivity index (χ3n) is 4.86. The minimum atomic E-state index is -0.376. The molecule has 3 heterocycles. The van der Waals surface area contributed by atoms with Crippen molar-refractivity contribution < 1.29 is 0 Å². The van der Waals surface area contributed by atoms with Gasteiger partial charge in [-0.15, -0.1) is 0 Å². The van der Waals surface area contributed by atoms with Crippen molar-refractivity contribution in [1.82, 2.24) is 24.4 Å². The molecule has 146 valence electrons. The molecule has 0 aliphatic carbocycles. The first kappa shape index (κ1) is 18.8. The van der Waals surface area contributed by atoms with Gasteiger partial charge in [0.2, 0.25) is 0 Å². The van der Waals surface area contributed by atoms with E-state index in [4.69, 9.17) is 0 Å². The minimum Gasteiger partial charge on any atom is -0.309 e. The molecule has 0 radical (unpaired) electrons. The first-order chi connectivity index (χ1) is 14.1. The van der Waals surface area contributed by atoms with Crippen molar-refractivity contribution in [3.05, 3.63) is 105 Å². The van der Waals surface area contributed by atoms with Gasteiger partial charge in [-0.2, -0.15) is 0 Å². The molecule has 0 bridgehead atoms. The number of benzene rings is 1. The van der Waals surface area contributed by atoms with E-state index in [2.05, 4.69) is 15.3 Å². The molecule has 0 fully saturated rings. The van der Waals surface area contributed by atoms with Gasteiger partial charge in [0.25, 0.3) is 5.56 Å². The van der Waals surface area contributed by atoms with E-state index in [-0.39, 0.29) is 17.8 Å². The molecule has 0 aliphatic heterocycles. The maximum absolute atomic E-state index is 13.2. The lowest BCUT2D eigenvalue weighted by Gasteiger charge is -2.13. The number of aryl methyl sites for hydroxylation is 1. The number of aromatic nitrogens is 4. The fourth-order valence-electron chi connectivity index (χ4n) is 3.37. The van der Waals surface area contributed by atoms with Gasteiger partial charge in [0, 0.05) is 38.7 Å². The number of hydrogen-bond donors (Lipinski definition) is 1. The van der Waals surface area contributed by atoms with Gasteiger partial charge >= 0.3 is 5.69 Å².